The van der Waals surface area contributed by atoms with Crippen molar-refractivity contribution in [3.8, 4) is 0 Å². The third-order valence-corrected chi connectivity index (χ3v) is 30.9. The number of sulfonamides is 3. The molecular formula is C102H232N10O15S6. The second kappa shape index (κ2) is 107. The van der Waals surface area contributed by atoms with E-state index in [1.807, 2.05) is 273 Å². The molecule has 0 aromatic heterocycles. The van der Waals surface area contributed by atoms with Crippen molar-refractivity contribution in [1.82, 2.24) is 45.4 Å². The fourth-order valence-electron chi connectivity index (χ4n) is 13.4. The van der Waals surface area contributed by atoms with Crippen LogP contribution < -0.4 is 0 Å². The zero-order chi connectivity index (χ0) is 108. The number of rotatable bonds is 11. The molecular weight excluding hydrogens is 1800 g/mol. The van der Waals surface area contributed by atoms with Crippen molar-refractivity contribution in [2.24, 2.45) is 11.8 Å². The molecule has 133 heavy (non-hydrogen) atoms. The van der Waals surface area contributed by atoms with E-state index in [4.69, 9.17) is 4.74 Å². The fourth-order valence-corrected chi connectivity index (χ4v) is 23.1. The quantitative estimate of drug-likeness (QED) is 0.186. The molecule has 0 bridgehead atoms. The van der Waals surface area contributed by atoms with Crippen molar-refractivity contribution >= 4 is 92.6 Å². The summed E-state index contributed by atoms with van der Waals surface area (Å²) in [6, 6.07) is 3.23. The third-order valence-electron chi connectivity index (χ3n) is 19.3. The van der Waals surface area contributed by atoms with Gasteiger partial charge in [-0.2, -0.15) is 12.9 Å². The van der Waals surface area contributed by atoms with Crippen LogP contribution in [-0.4, -0.2) is 280 Å². The van der Waals surface area contributed by atoms with Crippen LogP contribution in [0.4, 0.5) is 4.79 Å². The average Bonchev–Trinajstić information content (AvgIpc) is 1.82. The molecule has 11 aliphatic rings. The first-order valence-electron chi connectivity index (χ1n) is 53.6. The Balaban J connectivity index is -0.0000000950. The van der Waals surface area contributed by atoms with E-state index < -0.39 is 63.0 Å². The van der Waals surface area contributed by atoms with Gasteiger partial charge in [0.1, 0.15) is 12.4 Å². The maximum Gasteiger partial charge on any atom is 0.410 e. The first-order chi connectivity index (χ1) is 62.8. The Kier molecular flexibility index (Phi) is 129. The number of ether oxygens (including phenoxy) is 1. The highest BCUT2D eigenvalue weighted by atomic mass is 32.2. The molecule has 10 aliphatic heterocycles. The van der Waals surface area contributed by atoms with E-state index >= 15 is 0 Å². The van der Waals surface area contributed by atoms with Crippen molar-refractivity contribution in [3.05, 3.63) is 0 Å². The summed E-state index contributed by atoms with van der Waals surface area (Å²) in [6.07, 6.45) is 17.6. The summed E-state index contributed by atoms with van der Waals surface area (Å²) in [4.78, 5) is 62.3. The van der Waals surface area contributed by atoms with Gasteiger partial charge in [-0.25, -0.2) is 55.6 Å². The van der Waals surface area contributed by atoms with E-state index in [0.29, 0.717) is 115 Å². The van der Waals surface area contributed by atoms with Crippen molar-refractivity contribution < 1.29 is 66.6 Å². The van der Waals surface area contributed by atoms with Gasteiger partial charge >= 0.3 is 6.09 Å². The SMILES string of the molecule is CC.CC.CC.CC.CC.CC.CC.CC.CC.CC.CC.CC.CC.CC.CC(C)C1CCCCC1=O.CC(C)N1CCCC1=O.CC(C)N1CCCC1=O.CC(C)N1CCCC1=O.CC(C)N1CCCCS1(=O)=O.CC(C)N1CCCCS1=O.CC(C)N1CCCS1(=O)=O.CC(C)N1CCCS1(=O)=O.CC(C)N1CCCS1=O.CC(C)N1CCCS1=O.CC(C)N1CCOC1=O. The van der Waals surface area contributed by atoms with Crippen LogP contribution in [-0.2, 0) is 86.9 Å². The Labute approximate surface area is 839 Å². The molecule has 4 atom stereocenters. The number of carbonyl (C=O) groups excluding carboxylic acids is 5. The summed E-state index contributed by atoms with van der Waals surface area (Å²) in [6.45, 7) is 110. The van der Waals surface area contributed by atoms with Crippen molar-refractivity contribution in [2.45, 2.75) is 522 Å². The lowest BCUT2D eigenvalue weighted by Gasteiger charge is -2.29. The van der Waals surface area contributed by atoms with Gasteiger partial charge in [0.2, 0.25) is 47.8 Å². The maximum atomic E-state index is 11.3. The van der Waals surface area contributed by atoms with Gasteiger partial charge in [-0.1, -0.05) is 214 Å². The third kappa shape index (κ3) is 78.7. The smallest absolute Gasteiger partial charge is 0.410 e. The summed E-state index contributed by atoms with van der Waals surface area (Å²) in [5, 5.41) is 0. The molecule has 4 amide bonds. The van der Waals surface area contributed by atoms with Gasteiger partial charge in [0, 0.05) is 168 Å². The van der Waals surface area contributed by atoms with Crippen LogP contribution >= 0.6 is 0 Å². The van der Waals surface area contributed by atoms with Crippen molar-refractivity contribution in [1.29, 1.82) is 0 Å². The topological polar surface area (TPSA) is 281 Å². The highest BCUT2D eigenvalue weighted by Gasteiger charge is 2.33. The van der Waals surface area contributed by atoms with Gasteiger partial charge in [0.15, 0.2) is 0 Å². The van der Waals surface area contributed by atoms with Crippen LogP contribution in [0.15, 0.2) is 0 Å². The number of ketones is 1. The molecule has 11 fully saturated rings. The minimum atomic E-state index is -2.89. The molecule has 1 aliphatic carbocycles. The second-order valence-electron chi connectivity index (χ2n) is 31.5. The van der Waals surface area contributed by atoms with E-state index in [1.54, 1.807) is 17.8 Å². The van der Waals surface area contributed by atoms with E-state index in [1.165, 1.54) is 12.8 Å². The van der Waals surface area contributed by atoms with E-state index in [-0.39, 0.29) is 30.3 Å². The van der Waals surface area contributed by atoms with Crippen LogP contribution in [0.1, 0.15) is 462 Å². The number of nitrogens with zero attached hydrogens (tertiary/aromatic N) is 10. The van der Waals surface area contributed by atoms with Crippen LogP contribution in [0, 0.1) is 11.8 Å². The molecule has 816 valence electrons. The molecule has 0 aromatic carbocycles. The van der Waals surface area contributed by atoms with Gasteiger partial charge in [0.05, 0.1) is 56.8 Å². The number of carbonyl (C=O) groups is 5. The first kappa shape index (κ1) is 161. The standard InChI is InChI=1S/C9H16O.C7H15NO2S.C7H15NOS.3C7H13NO.2C6H13NO2S.C6H11NO2.2C6H13NOS.14C2H6/c1-7(2)8-5-3-4-6-9(8)10;1-7(2)8-5-3-4-6-11(8,9)10;1-7(2)8-5-3-4-6-10(8)9;3*1-6(2)8-5-3-4-7(8)9;2*1-6(2)7-4-3-5-10(7,8)9;1-5(2)7-3-4-9-6(7)8;2*1-6(2)7-4-3-5-9(7)8;14*1-2/h7-8H,3-6H2,1-2H3;7H,3-6H2,1-2H3;7H,3-6H2,1-2H3;3*6H,3-5H2,1-2H3;2*6H,3-5H2,1-2H3;5H,3-4H2,1-2H3;2*6H,3-5H2,1-2H3;14*1-2H3. The zero-order valence-electron chi connectivity index (χ0n) is 97.2. The number of hydrogen-bond acceptors (Lipinski definition) is 15. The Morgan fingerprint density at radius 3 is 0.647 bits per heavy atom. The van der Waals surface area contributed by atoms with Crippen LogP contribution in [0.3, 0.4) is 0 Å². The summed E-state index contributed by atoms with van der Waals surface area (Å²) >= 11 is 0. The lowest BCUT2D eigenvalue weighted by molar-refractivity contribution is -0.129. The molecule has 31 heteroatoms. The van der Waals surface area contributed by atoms with E-state index in [0.717, 1.165) is 166 Å². The number of likely N-dealkylation sites (tertiary alicyclic amines) is 3. The van der Waals surface area contributed by atoms with E-state index in [2.05, 4.69) is 101 Å². The lowest BCUT2D eigenvalue weighted by atomic mass is 9.81. The van der Waals surface area contributed by atoms with Gasteiger partial charge in [-0.15, -0.1) is 0 Å². The van der Waals surface area contributed by atoms with Crippen molar-refractivity contribution in [2.75, 3.05) is 107 Å². The monoisotopic (exact) mass is 2030 g/mol. The summed E-state index contributed by atoms with van der Waals surface area (Å²) < 4.78 is 116. The predicted molar refractivity (Wildman–Crippen MR) is 590 cm³/mol. The minimum absolute atomic E-state index is 0.125. The number of amides is 4. The normalized spacial score (nSPS) is 20.3. The molecule has 11 rings (SSSR count). The Hall–Kier alpha value is -2.59. The molecule has 1 saturated carbocycles. The number of Topliss-reactive ketones (excluding diaryl/α,β-unsaturated/α-hetero) is 1. The zero-order valence-corrected chi connectivity index (χ0v) is 102. The Morgan fingerprint density at radius 1 is 0.256 bits per heavy atom. The second-order valence-corrected chi connectivity index (χ2v) is 42.2. The highest BCUT2D eigenvalue weighted by molar-refractivity contribution is 7.89. The molecule has 10 heterocycles. The Morgan fingerprint density at radius 2 is 0.504 bits per heavy atom. The van der Waals surface area contributed by atoms with Gasteiger partial charge in [-0.3, -0.25) is 19.2 Å². The number of cyclic esters (lactones) is 1. The summed E-state index contributed by atoms with van der Waals surface area (Å²) in [5.74, 6) is 6.05. The van der Waals surface area contributed by atoms with Gasteiger partial charge < -0.3 is 24.3 Å². The predicted octanol–water partition coefficient (Wildman–Crippen LogP) is 25.0. The van der Waals surface area contributed by atoms with Crippen molar-refractivity contribution in [3.63, 3.8) is 0 Å². The molecule has 0 radical (unpaired) electrons. The number of hydrogen-bond donors (Lipinski definition) is 0. The van der Waals surface area contributed by atoms with Gasteiger partial charge in [0.25, 0.3) is 0 Å². The molecule has 25 nitrogen and oxygen atoms in total. The largest absolute Gasteiger partial charge is 0.448 e. The minimum Gasteiger partial charge on any atom is -0.448 e. The first-order valence-corrected chi connectivity index (χ1v) is 62.3. The van der Waals surface area contributed by atoms with E-state index in [9.17, 15) is 61.9 Å². The average molecular weight is 2030 g/mol. The molecule has 0 N–H and O–H groups in total. The molecule has 0 spiro atoms. The highest BCUT2D eigenvalue weighted by Crippen LogP contribution is 2.27. The van der Waals surface area contributed by atoms with Crippen LogP contribution in [0.25, 0.3) is 0 Å². The maximum absolute atomic E-state index is 11.3. The molecule has 10 saturated heterocycles. The van der Waals surface area contributed by atoms with Gasteiger partial charge in [-0.05, 0) is 228 Å². The summed E-state index contributed by atoms with van der Waals surface area (Å²) in [5.41, 5.74) is 0. The fraction of sp³-hybridized carbons (Fsp3) is 0.951. The molecule has 0 aromatic rings. The molecule has 4 unspecified atom stereocenters. The van der Waals surface area contributed by atoms with Crippen LogP contribution in [0.5, 0.6) is 0 Å². The summed E-state index contributed by atoms with van der Waals surface area (Å²) in [7, 11) is -10.6. The Bertz CT molecular complexity index is 2670. The lowest BCUT2D eigenvalue weighted by Crippen LogP contribution is -2.42. The van der Waals surface area contributed by atoms with Crippen LogP contribution in [0.2, 0.25) is 0 Å².